The van der Waals surface area contributed by atoms with Gasteiger partial charge in [0.05, 0.1) is 59.2 Å². The molecule has 1 aliphatic heterocycles. The molecule has 2 aromatic heterocycles. The van der Waals surface area contributed by atoms with E-state index in [-0.39, 0.29) is 18.2 Å². The van der Waals surface area contributed by atoms with Crippen molar-refractivity contribution in [2.45, 2.75) is 6.42 Å². The second-order valence-electron chi connectivity index (χ2n) is 7.34. The number of ether oxygens (including phenoxy) is 1. The molecule has 2 amide bonds. The molecule has 3 heterocycles. The van der Waals surface area contributed by atoms with E-state index in [9.17, 15) is 9.59 Å². The number of halogens is 1. The molecule has 1 fully saturated rings. The Labute approximate surface area is 195 Å². The fraction of sp³-hybridized carbons (Fsp3) is 0.273. The number of para-hydroxylation sites is 1. The smallest absolute Gasteiger partial charge is 0.253 e. The Hall–Kier alpha value is -3.63. The highest BCUT2D eigenvalue weighted by Gasteiger charge is 2.20. The Balaban J connectivity index is 1.50. The molecule has 4 N–H and O–H groups in total. The number of H-pyrrole nitrogens is 1. The summed E-state index contributed by atoms with van der Waals surface area (Å²) in [5, 5.41) is 16.4. The van der Waals surface area contributed by atoms with Gasteiger partial charge < -0.3 is 25.6 Å². The van der Waals surface area contributed by atoms with Gasteiger partial charge in [0, 0.05) is 32.4 Å². The van der Waals surface area contributed by atoms with Crippen LogP contribution in [0.1, 0.15) is 16.1 Å². The lowest BCUT2D eigenvalue weighted by Gasteiger charge is -2.26. The number of nitrogens with one attached hydrogen (secondary N) is 4. The Bertz CT molecular complexity index is 1140. The number of anilines is 4. The molecular formula is C22H24ClN7O3. The van der Waals surface area contributed by atoms with Crippen molar-refractivity contribution >= 4 is 46.3 Å². The Morgan fingerprint density at radius 3 is 2.73 bits per heavy atom. The lowest BCUT2D eigenvalue weighted by molar-refractivity contribution is -0.134. The van der Waals surface area contributed by atoms with E-state index >= 15 is 0 Å². The minimum atomic E-state index is -0.213. The number of rotatable bonds is 7. The number of carbonyl (C=O) groups excluding carboxylic acids is 2. The number of aromatic nitrogens is 3. The van der Waals surface area contributed by atoms with Gasteiger partial charge in [-0.05, 0) is 12.1 Å². The summed E-state index contributed by atoms with van der Waals surface area (Å²) in [6.07, 6.45) is 3.34. The molecule has 0 atom stereocenters. The van der Waals surface area contributed by atoms with Crippen LogP contribution < -0.4 is 16.0 Å². The summed E-state index contributed by atoms with van der Waals surface area (Å²) in [5.74, 6) is 0.279. The Kier molecular flexibility index (Phi) is 7.06. The predicted molar refractivity (Wildman–Crippen MR) is 125 cm³/mol. The van der Waals surface area contributed by atoms with Crippen molar-refractivity contribution in [1.29, 1.82) is 0 Å². The zero-order chi connectivity index (χ0) is 23.2. The number of carbonyl (C=O) groups is 2. The summed E-state index contributed by atoms with van der Waals surface area (Å²) in [4.78, 5) is 30.9. The minimum absolute atomic E-state index is 0.00863. The third kappa shape index (κ3) is 5.41. The molecule has 0 bridgehead atoms. The van der Waals surface area contributed by atoms with E-state index in [4.69, 9.17) is 16.3 Å². The van der Waals surface area contributed by atoms with Crippen molar-refractivity contribution < 1.29 is 14.3 Å². The van der Waals surface area contributed by atoms with Crippen LogP contribution in [0.25, 0.3) is 0 Å². The predicted octanol–water partition coefficient (Wildman–Crippen LogP) is 2.71. The second kappa shape index (κ2) is 10.3. The zero-order valence-electron chi connectivity index (χ0n) is 18.0. The highest BCUT2D eigenvalue weighted by atomic mass is 35.5. The van der Waals surface area contributed by atoms with Crippen LogP contribution in [0.5, 0.6) is 0 Å². The van der Waals surface area contributed by atoms with Gasteiger partial charge in [-0.15, -0.1) is 0 Å². The number of aromatic amines is 1. The van der Waals surface area contributed by atoms with Crippen LogP contribution in [0.3, 0.4) is 0 Å². The molecule has 0 radical (unpaired) electrons. The lowest BCUT2D eigenvalue weighted by atomic mass is 10.1. The van der Waals surface area contributed by atoms with Gasteiger partial charge in [-0.2, -0.15) is 5.10 Å². The lowest BCUT2D eigenvalue weighted by Crippen LogP contribution is -2.41. The summed E-state index contributed by atoms with van der Waals surface area (Å²) in [6.45, 7) is 2.25. The summed E-state index contributed by atoms with van der Waals surface area (Å²) < 4.78 is 5.30. The number of hydrogen-bond acceptors (Lipinski definition) is 7. The van der Waals surface area contributed by atoms with Crippen molar-refractivity contribution in [3.8, 4) is 0 Å². The highest BCUT2D eigenvalue weighted by Crippen LogP contribution is 2.30. The quantitative estimate of drug-likeness (QED) is 0.419. The van der Waals surface area contributed by atoms with E-state index in [1.165, 1.54) is 6.20 Å². The third-order valence-corrected chi connectivity index (χ3v) is 5.49. The standard InChI is InChI=1S/C22H24ClN7O3/c1-24-22(32)14-4-2-3-5-16(14)27-17-10-20(25-12-15(17)23)28-19-13-26-29-18(19)11-21(31)30-6-8-33-9-7-30/h2-5,10,12-13H,6-9,11H2,1H3,(H,24,32)(H,26,29)(H2,25,27,28). The second-order valence-corrected chi connectivity index (χ2v) is 7.75. The SMILES string of the molecule is CNC(=O)c1ccccc1Nc1cc(Nc2c[nH]nc2CC(=O)N2CCOCC2)ncc1Cl. The minimum Gasteiger partial charge on any atom is -0.378 e. The van der Waals surface area contributed by atoms with E-state index in [1.54, 1.807) is 42.4 Å². The van der Waals surface area contributed by atoms with Crippen molar-refractivity contribution in [3.05, 3.63) is 59.0 Å². The maximum Gasteiger partial charge on any atom is 0.253 e. The Morgan fingerprint density at radius 1 is 1.15 bits per heavy atom. The fourth-order valence-corrected chi connectivity index (χ4v) is 3.59. The van der Waals surface area contributed by atoms with Gasteiger partial charge in [-0.1, -0.05) is 23.7 Å². The number of pyridine rings is 1. The van der Waals surface area contributed by atoms with Crippen LogP contribution >= 0.6 is 11.6 Å². The van der Waals surface area contributed by atoms with Gasteiger partial charge in [0.1, 0.15) is 5.82 Å². The van der Waals surface area contributed by atoms with Crippen LogP contribution in [-0.4, -0.2) is 65.2 Å². The molecule has 1 saturated heterocycles. The normalized spacial score (nSPS) is 13.5. The molecule has 0 unspecified atom stereocenters. The summed E-state index contributed by atoms with van der Waals surface area (Å²) in [6, 6.07) is 8.85. The molecule has 0 aliphatic carbocycles. The highest BCUT2D eigenvalue weighted by molar-refractivity contribution is 6.33. The van der Waals surface area contributed by atoms with Gasteiger partial charge in [-0.3, -0.25) is 14.7 Å². The summed E-state index contributed by atoms with van der Waals surface area (Å²) in [5.41, 5.74) is 2.89. The number of nitrogens with zero attached hydrogens (tertiary/aromatic N) is 3. The molecule has 3 aromatic rings. The van der Waals surface area contributed by atoms with Gasteiger partial charge in [0.25, 0.3) is 5.91 Å². The van der Waals surface area contributed by atoms with Crippen LogP contribution in [0.2, 0.25) is 5.02 Å². The first-order chi connectivity index (χ1) is 16.0. The molecule has 172 valence electrons. The zero-order valence-corrected chi connectivity index (χ0v) is 18.8. The third-order valence-electron chi connectivity index (χ3n) is 5.19. The van der Waals surface area contributed by atoms with Crippen LogP contribution in [0.15, 0.2) is 42.7 Å². The van der Waals surface area contributed by atoms with Crippen LogP contribution in [-0.2, 0) is 16.0 Å². The molecule has 1 aliphatic rings. The number of morpholine rings is 1. The first-order valence-corrected chi connectivity index (χ1v) is 10.8. The topological polar surface area (TPSA) is 124 Å². The van der Waals surface area contributed by atoms with E-state index in [0.29, 0.717) is 65.5 Å². The summed E-state index contributed by atoms with van der Waals surface area (Å²) >= 11 is 6.35. The average Bonchev–Trinajstić information content (AvgIpc) is 3.27. The van der Waals surface area contributed by atoms with Crippen molar-refractivity contribution in [1.82, 2.24) is 25.4 Å². The number of amides is 2. The maximum absolute atomic E-state index is 12.6. The molecule has 10 nitrogen and oxygen atoms in total. The van der Waals surface area contributed by atoms with Gasteiger partial charge in [-0.25, -0.2) is 4.98 Å². The van der Waals surface area contributed by atoms with Crippen molar-refractivity contribution in [2.75, 3.05) is 44.0 Å². The van der Waals surface area contributed by atoms with Gasteiger partial charge >= 0.3 is 0 Å². The molecular weight excluding hydrogens is 446 g/mol. The first-order valence-electron chi connectivity index (χ1n) is 10.4. The number of benzene rings is 1. The maximum atomic E-state index is 12.6. The van der Waals surface area contributed by atoms with Crippen molar-refractivity contribution in [3.63, 3.8) is 0 Å². The molecule has 33 heavy (non-hydrogen) atoms. The summed E-state index contributed by atoms with van der Waals surface area (Å²) in [7, 11) is 1.58. The van der Waals surface area contributed by atoms with Gasteiger partial charge in [0.2, 0.25) is 5.91 Å². The Morgan fingerprint density at radius 2 is 1.94 bits per heavy atom. The molecule has 11 heteroatoms. The largest absolute Gasteiger partial charge is 0.378 e. The first kappa shape index (κ1) is 22.6. The van der Waals surface area contributed by atoms with Crippen LogP contribution in [0.4, 0.5) is 22.9 Å². The van der Waals surface area contributed by atoms with Crippen LogP contribution in [0, 0.1) is 0 Å². The fourth-order valence-electron chi connectivity index (χ4n) is 3.44. The molecule has 0 spiro atoms. The van der Waals surface area contributed by atoms with E-state index in [1.807, 2.05) is 6.07 Å². The van der Waals surface area contributed by atoms with E-state index in [2.05, 4.69) is 31.1 Å². The van der Waals surface area contributed by atoms with Crippen molar-refractivity contribution in [2.24, 2.45) is 0 Å². The monoisotopic (exact) mass is 469 g/mol. The molecule has 0 saturated carbocycles. The average molecular weight is 470 g/mol. The van der Waals surface area contributed by atoms with E-state index in [0.717, 1.165) is 0 Å². The number of hydrogen-bond donors (Lipinski definition) is 4. The van der Waals surface area contributed by atoms with E-state index < -0.39 is 0 Å². The molecule has 1 aromatic carbocycles. The van der Waals surface area contributed by atoms with Gasteiger partial charge in [0.15, 0.2) is 0 Å². The molecule has 4 rings (SSSR count).